The second-order valence-corrected chi connectivity index (χ2v) is 5.93. The Bertz CT molecular complexity index is 777. The molecule has 0 unspecified atom stereocenters. The Balaban J connectivity index is 2.00. The molecule has 0 saturated heterocycles. The van der Waals surface area contributed by atoms with Crippen LogP contribution in [0.2, 0.25) is 0 Å². The van der Waals surface area contributed by atoms with Gasteiger partial charge in [-0.2, -0.15) is 0 Å². The fraction of sp³-hybridized carbons (Fsp3) is 0.316. The summed E-state index contributed by atoms with van der Waals surface area (Å²) in [6, 6.07) is 11.0. The van der Waals surface area contributed by atoms with E-state index in [0.717, 1.165) is 25.7 Å². The minimum Gasteiger partial charge on any atom is -0.462 e. The van der Waals surface area contributed by atoms with Gasteiger partial charge < -0.3 is 15.8 Å². The Morgan fingerprint density at radius 2 is 2.00 bits per heavy atom. The standard InChI is InChI=1S/C19H23N3O4/c1-2-3-4-5-11-26-19(23)14-7-6-8-15(12-14)21-18-10-9-16(22(24)25)13-17(18)20/h6-10,12-13,21H,2-5,11,20H2,1H3. The molecule has 0 bridgehead atoms. The molecule has 26 heavy (non-hydrogen) atoms. The van der Waals surface area contributed by atoms with Crippen LogP contribution in [0.15, 0.2) is 42.5 Å². The first-order valence-electron chi connectivity index (χ1n) is 8.59. The second kappa shape index (κ2) is 9.41. The molecule has 0 heterocycles. The zero-order valence-electron chi connectivity index (χ0n) is 14.7. The van der Waals surface area contributed by atoms with Gasteiger partial charge in [-0.25, -0.2) is 4.79 Å². The lowest BCUT2D eigenvalue weighted by Gasteiger charge is -2.10. The van der Waals surface area contributed by atoms with Crippen molar-refractivity contribution in [2.75, 3.05) is 17.7 Å². The van der Waals surface area contributed by atoms with E-state index >= 15 is 0 Å². The van der Waals surface area contributed by atoms with Crippen molar-refractivity contribution >= 4 is 28.7 Å². The van der Waals surface area contributed by atoms with Crippen LogP contribution in [0.25, 0.3) is 0 Å². The van der Waals surface area contributed by atoms with Crippen molar-refractivity contribution in [2.45, 2.75) is 32.6 Å². The summed E-state index contributed by atoms with van der Waals surface area (Å²) in [6.07, 6.45) is 4.17. The van der Waals surface area contributed by atoms with Crippen LogP contribution in [0.4, 0.5) is 22.7 Å². The highest BCUT2D eigenvalue weighted by Gasteiger charge is 2.11. The summed E-state index contributed by atoms with van der Waals surface area (Å²) in [7, 11) is 0. The Morgan fingerprint density at radius 3 is 2.69 bits per heavy atom. The summed E-state index contributed by atoms with van der Waals surface area (Å²) >= 11 is 0. The van der Waals surface area contributed by atoms with Gasteiger partial charge in [-0.05, 0) is 30.7 Å². The van der Waals surface area contributed by atoms with E-state index in [1.165, 1.54) is 18.2 Å². The smallest absolute Gasteiger partial charge is 0.338 e. The molecule has 0 fully saturated rings. The van der Waals surface area contributed by atoms with Gasteiger partial charge in [0.05, 0.1) is 28.5 Å². The van der Waals surface area contributed by atoms with E-state index in [4.69, 9.17) is 10.5 Å². The maximum Gasteiger partial charge on any atom is 0.338 e. The van der Waals surface area contributed by atoms with Crippen LogP contribution in [0.5, 0.6) is 0 Å². The average molecular weight is 357 g/mol. The highest BCUT2D eigenvalue weighted by Crippen LogP contribution is 2.27. The Kier molecular flexibility index (Phi) is 6.96. The maximum atomic E-state index is 12.1. The predicted octanol–water partition coefficient (Wildman–Crippen LogP) is 4.66. The number of nitrogens with two attached hydrogens (primary N) is 1. The van der Waals surface area contributed by atoms with Crippen LogP contribution < -0.4 is 11.1 Å². The summed E-state index contributed by atoms with van der Waals surface area (Å²) in [6.45, 7) is 2.54. The van der Waals surface area contributed by atoms with E-state index in [1.54, 1.807) is 24.3 Å². The number of nitro benzene ring substituents is 1. The Hall–Kier alpha value is -3.09. The molecule has 0 radical (unpaired) electrons. The first-order chi connectivity index (χ1) is 12.5. The van der Waals surface area contributed by atoms with Crippen molar-refractivity contribution in [3.05, 3.63) is 58.1 Å². The maximum absolute atomic E-state index is 12.1. The van der Waals surface area contributed by atoms with Crippen molar-refractivity contribution in [3.63, 3.8) is 0 Å². The predicted molar refractivity (Wildman–Crippen MR) is 102 cm³/mol. The third-order valence-electron chi connectivity index (χ3n) is 3.85. The number of nitro groups is 1. The highest BCUT2D eigenvalue weighted by molar-refractivity contribution is 5.91. The van der Waals surface area contributed by atoms with Crippen molar-refractivity contribution in [2.24, 2.45) is 0 Å². The first kappa shape index (κ1) is 19.2. The number of nitrogen functional groups attached to an aromatic ring is 1. The number of nitrogens with one attached hydrogen (secondary N) is 1. The van der Waals surface area contributed by atoms with E-state index in [1.807, 2.05) is 0 Å². The molecular formula is C19H23N3O4. The van der Waals surface area contributed by atoms with Gasteiger partial charge in [0.1, 0.15) is 0 Å². The van der Waals surface area contributed by atoms with Gasteiger partial charge in [0, 0.05) is 17.8 Å². The number of esters is 1. The van der Waals surface area contributed by atoms with Gasteiger partial charge in [0.25, 0.3) is 5.69 Å². The lowest BCUT2D eigenvalue weighted by atomic mass is 10.2. The molecule has 0 aliphatic heterocycles. The molecule has 0 aromatic heterocycles. The number of non-ortho nitro benzene ring substituents is 1. The molecule has 0 spiro atoms. The van der Waals surface area contributed by atoms with Crippen LogP contribution >= 0.6 is 0 Å². The molecule has 7 heteroatoms. The minimum atomic E-state index is -0.503. The van der Waals surface area contributed by atoms with Crippen LogP contribution in [-0.2, 0) is 4.74 Å². The molecule has 0 aliphatic rings. The quantitative estimate of drug-likeness (QED) is 0.222. The Labute approximate surface area is 152 Å². The number of nitrogens with zero attached hydrogens (tertiary/aromatic N) is 1. The number of unbranched alkanes of at least 4 members (excludes halogenated alkanes) is 3. The fourth-order valence-corrected chi connectivity index (χ4v) is 2.43. The lowest BCUT2D eigenvalue weighted by molar-refractivity contribution is -0.384. The van der Waals surface area contributed by atoms with Gasteiger partial charge in [0.2, 0.25) is 0 Å². The second-order valence-electron chi connectivity index (χ2n) is 5.93. The van der Waals surface area contributed by atoms with Crippen molar-refractivity contribution in [3.8, 4) is 0 Å². The van der Waals surface area contributed by atoms with E-state index < -0.39 is 4.92 Å². The number of anilines is 3. The van der Waals surface area contributed by atoms with Crippen molar-refractivity contribution in [1.82, 2.24) is 0 Å². The van der Waals surface area contributed by atoms with E-state index in [9.17, 15) is 14.9 Å². The molecule has 0 saturated carbocycles. The molecule has 138 valence electrons. The summed E-state index contributed by atoms with van der Waals surface area (Å²) in [5.74, 6) is -0.373. The van der Waals surface area contributed by atoms with Crippen molar-refractivity contribution in [1.29, 1.82) is 0 Å². The molecule has 2 rings (SSSR count). The number of carbonyl (C=O) groups excluding carboxylic acids is 1. The zero-order valence-corrected chi connectivity index (χ0v) is 14.7. The highest BCUT2D eigenvalue weighted by atomic mass is 16.6. The van der Waals surface area contributed by atoms with Gasteiger partial charge in [-0.1, -0.05) is 32.3 Å². The first-order valence-corrected chi connectivity index (χ1v) is 8.59. The van der Waals surface area contributed by atoms with Crippen LogP contribution in [0.3, 0.4) is 0 Å². The van der Waals surface area contributed by atoms with Gasteiger partial charge in [0.15, 0.2) is 0 Å². The third kappa shape index (κ3) is 5.47. The molecule has 3 N–H and O–H groups in total. The van der Waals surface area contributed by atoms with Crippen LogP contribution in [-0.4, -0.2) is 17.5 Å². The third-order valence-corrected chi connectivity index (χ3v) is 3.85. The van der Waals surface area contributed by atoms with E-state index in [0.29, 0.717) is 23.5 Å². The number of hydrogen-bond donors (Lipinski definition) is 2. The molecule has 0 aliphatic carbocycles. The molecular weight excluding hydrogens is 334 g/mol. The van der Waals surface area contributed by atoms with Gasteiger partial charge >= 0.3 is 5.97 Å². The summed E-state index contributed by atoms with van der Waals surface area (Å²) in [5, 5.41) is 13.8. The SMILES string of the molecule is CCCCCCOC(=O)c1cccc(Nc2ccc([N+](=O)[O-])cc2N)c1. The molecule has 2 aromatic carbocycles. The number of rotatable bonds is 9. The number of benzene rings is 2. The number of ether oxygens (including phenoxy) is 1. The summed E-state index contributed by atoms with van der Waals surface area (Å²) < 4.78 is 5.28. The lowest BCUT2D eigenvalue weighted by Crippen LogP contribution is -2.07. The molecule has 0 amide bonds. The molecule has 0 atom stereocenters. The molecule has 7 nitrogen and oxygen atoms in total. The summed E-state index contributed by atoms with van der Waals surface area (Å²) in [4.78, 5) is 22.4. The van der Waals surface area contributed by atoms with Crippen LogP contribution in [0.1, 0.15) is 43.0 Å². The average Bonchev–Trinajstić information content (AvgIpc) is 2.63. The van der Waals surface area contributed by atoms with Gasteiger partial charge in [-0.15, -0.1) is 0 Å². The monoisotopic (exact) mass is 357 g/mol. The zero-order chi connectivity index (χ0) is 18.9. The summed E-state index contributed by atoms with van der Waals surface area (Å²) in [5.41, 5.74) is 7.64. The number of hydrogen-bond acceptors (Lipinski definition) is 6. The number of carbonyl (C=O) groups is 1. The normalized spacial score (nSPS) is 10.3. The minimum absolute atomic E-state index is 0.0755. The molecule has 2 aromatic rings. The Morgan fingerprint density at radius 1 is 1.19 bits per heavy atom. The largest absolute Gasteiger partial charge is 0.462 e. The van der Waals surface area contributed by atoms with Gasteiger partial charge in [-0.3, -0.25) is 10.1 Å². The van der Waals surface area contributed by atoms with E-state index in [-0.39, 0.29) is 17.3 Å². The fourth-order valence-electron chi connectivity index (χ4n) is 2.43. The van der Waals surface area contributed by atoms with Crippen molar-refractivity contribution < 1.29 is 14.5 Å². The van der Waals surface area contributed by atoms with Crippen LogP contribution in [0, 0.1) is 10.1 Å². The topological polar surface area (TPSA) is 107 Å². The van der Waals surface area contributed by atoms with E-state index in [2.05, 4.69) is 12.2 Å².